The van der Waals surface area contributed by atoms with Gasteiger partial charge in [0, 0.05) is 25.7 Å². The molecule has 0 aromatic rings. The van der Waals surface area contributed by atoms with Crippen LogP contribution in [0.4, 0.5) is 0 Å². The molecule has 2 fully saturated rings. The highest BCUT2D eigenvalue weighted by atomic mass is 16.3. The third-order valence-electron chi connectivity index (χ3n) is 5.06. The fourth-order valence-electron chi connectivity index (χ4n) is 4.05. The predicted octanol–water partition coefficient (Wildman–Crippen LogP) is 1.70. The predicted molar refractivity (Wildman–Crippen MR) is 75.3 cm³/mol. The van der Waals surface area contributed by atoms with Crippen LogP contribution in [0.3, 0.4) is 0 Å². The first-order valence-electron chi connectivity index (χ1n) is 7.69. The molecule has 18 heavy (non-hydrogen) atoms. The molecule has 1 heterocycles. The van der Waals surface area contributed by atoms with Crippen LogP contribution in [0, 0.1) is 23.7 Å². The van der Waals surface area contributed by atoms with Crippen molar-refractivity contribution in [3.8, 4) is 0 Å². The van der Waals surface area contributed by atoms with E-state index in [1.165, 1.54) is 32.2 Å². The lowest BCUT2D eigenvalue weighted by atomic mass is 9.72. The topological polar surface area (TPSA) is 49.5 Å². The number of hydrogen-bond donors (Lipinski definition) is 2. The van der Waals surface area contributed by atoms with Crippen molar-refractivity contribution in [3.05, 3.63) is 0 Å². The SMILES string of the molecule is CC1CC(C)C(CN2CCCC(CO)C2)C(N)C1. The molecule has 0 amide bonds. The Bertz CT molecular complexity index is 247. The highest BCUT2D eigenvalue weighted by Gasteiger charge is 2.33. The van der Waals surface area contributed by atoms with Gasteiger partial charge in [0.25, 0.3) is 0 Å². The van der Waals surface area contributed by atoms with Crippen LogP contribution in [0.15, 0.2) is 0 Å². The van der Waals surface area contributed by atoms with Crippen LogP contribution < -0.4 is 5.73 Å². The molecule has 0 bridgehead atoms. The summed E-state index contributed by atoms with van der Waals surface area (Å²) in [5.41, 5.74) is 6.37. The number of hydrogen-bond acceptors (Lipinski definition) is 3. The van der Waals surface area contributed by atoms with Crippen molar-refractivity contribution in [3.63, 3.8) is 0 Å². The second kappa shape index (κ2) is 6.36. The minimum atomic E-state index is 0.347. The van der Waals surface area contributed by atoms with Gasteiger partial charge >= 0.3 is 0 Å². The van der Waals surface area contributed by atoms with Crippen molar-refractivity contribution in [1.82, 2.24) is 4.90 Å². The number of likely N-dealkylation sites (tertiary alicyclic amines) is 1. The maximum absolute atomic E-state index is 9.30. The van der Waals surface area contributed by atoms with E-state index in [-0.39, 0.29) is 0 Å². The van der Waals surface area contributed by atoms with Gasteiger partial charge in [-0.05, 0) is 55.9 Å². The minimum absolute atomic E-state index is 0.347. The van der Waals surface area contributed by atoms with Crippen molar-refractivity contribution in [2.45, 2.75) is 45.6 Å². The summed E-state index contributed by atoms with van der Waals surface area (Å²) >= 11 is 0. The molecule has 0 radical (unpaired) electrons. The fraction of sp³-hybridized carbons (Fsp3) is 1.00. The third kappa shape index (κ3) is 3.46. The van der Waals surface area contributed by atoms with Crippen molar-refractivity contribution < 1.29 is 5.11 Å². The Morgan fingerprint density at radius 3 is 2.72 bits per heavy atom. The number of rotatable bonds is 3. The van der Waals surface area contributed by atoms with E-state index in [0.717, 1.165) is 24.9 Å². The molecule has 5 unspecified atom stereocenters. The van der Waals surface area contributed by atoms with Crippen LogP contribution >= 0.6 is 0 Å². The highest BCUT2D eigenvalue weighted by Crippen LogP contribution is 2.33. The monoisotopic (exact) mass is 254 g/mol. The molecule has 3 nitrogen and oxygen atoms in total. The molecule has 1 aliphatic heterocycles. The number of piperidine rings is 1. The lowest BCUT2D eigenvalue weighted by Crippen LogP contribution is -2.49. The molecule has 5 atom stereocenters. The van der Waals surface area contributed by atoms with Crippen LogP contribution in [0.1, 0.15) is 39.5 Å². The Balaban J connectivity index is 1.87. The van der Waals surface area contributed by atoms with Gasteiger partial charge in [-0.25, -0.2) is 0 Å². The molecule has 1 saturated heterocycles. The van der Waals surface area contributed by atoms with Gasteiger partial charge in [-0.3, -0.25) is 0 Å². The van der Waals surface area contributed by atoms with Gasteiger partial charge in [-0.15, -0.1) is 0 Å². The average molecular weight is 254 g/mol. The van der Waals surface area contributed by atoms with Crippen molar-refractivity contribution in [1.29, 1.82) is 0 Å². The van der Waals surface area contributed by atoms with E-state index in [9.17, 15) is 5.11 Å². The molecular formula is C15H30N2O. The average Bonchev–Trinajstić information content (AvgIpc) is 2.34. The number of nitrogens with zero attached hydrogens (tertiary/aromatic N) is 1. The van der Waals surface area contributed by atoms with E-state index in [2.05, 4.69) is 18.7 Å². The van der Waals surface area contributed by atoms with Crippen LogP contribution in [0.25, 0.3) is 0 Å². The zero-order valence-corrected chi connectivity index (χ0v) is 12.0. The van der Waals surface area contributed by atoms with E-state index in [4.69, 9.17) is 5.73 Å². The molecule has 2 rings (SSSR count). The van der Waals surface area contributed by atoms with Gasteiger partial charge in [0.1, 0.15) is 0 Å². The largest absolute Gasteiger partial charge is 0.396 e. The number of aliphatic hydroxyl groups is 1. The quantitative estimate of drug-likeness (QED) is 0.806. The molecule has 0 aromatic heterocycles. The van der Waals surface area contributed by atoms with E-state index < -0.39 is 0 Å². The van der Waals surface area contributed by atoms with Crippen LogP contribution in [0.5, 0.6) is 0 Å². The standard InChI is InChI=1S/C15H30N2O/c1-11-6-12(2)14(15(16)7-11)9-17-5-3-4-13(8-17)10-18/h11-15,18H,3-10,16H2,1-2H3. The maximum atomic E-state index is 9.30. The first-order valence-corrected chi connectivity index (χ1v) is 7.69. The number of nitrogens with two attached hydrogens (primary N) is 1. The molecule has 106 valence electrons. The zero-order chi connectivity index (χ0) is 13.1. The minimum Gasteiger partial charge on any atom is -0.396 e. The van der Waals surface area contributed by atoms with Gasteiger partial charge in [-0.2, -0.15) is 0 Å². The summed E-state index contributed by atoms with van der Waals surface area (Å²) in [6.07, 6.45) is 4.94. The van der Waals surface area contributed by atoms with Gasteiger partial charge in [-0.1, -0.05) is 13.8 Å². The van der Waals surface area contributed by atoms with Crippen molar-refractivity contribution >= 4 is 0 Å². The zero-order valence-electron chi connectivity index (χ0n) is 12.0. The Labute approximate surface area is 112 Å². The van der Waals surface area contributed by atoms with Crippen molar-refractivity contribution in [2.75, 3.05) is 26.2 Å². The number of aliphatic hydroxyl groups excluding tert-OH is 1. The summed E-state index contributed by atoms with van der Waals surface area (Å²) < 4.78 is 0. The van der Waals surface area contributed by atoms with E-state index in [0.29, 0.717) is 24.5 Å². The smallest absolute Gasteiger partial charge is 0.0471 e. The molecule has 0 aromatic carbocycles. The highest BCUT2D eigenvalue weighted by molar-refractivity contribution is 4.88. The van der Waals surface area contributed by atoms with E-state index in [1.807, 2.05) is 0 Å². The van der Waals surface area contributed by atoms with Gasteiger partial charge < -0.3 is 15.7 Å². The molecule has 2 aliphatic rings. The summed E-state index contributed by atoms with van der Waals surface area (Å²) in [6, 6.07) is 0.373. The summed E-state index contributed by atoms with van der Waals surface area (Å²) in [7, 11) is 0. The Hall–Kier alpha value is -0.120. The van der Waals surface area contributed by atoms with Gasteiger partial charge in [0.15, 0.2) is 0 Å². The fourth-order valence-corrected chi connectivity index (χ4v) is 4.05. The third-order valence-corrected chi connectivity index (χ3v) is 5.06. The summed E-state index contributed by atoms with van der Waals surface area (Å²) in [5.74, 6) is 2.68. The second-order valence-electron chi connectivity index (χ2n) is 6.83. The lowest BCUT2D eigenvalue weighted by Gasteiger charge is -2.42. The van der Waals surface area contributed by atoms with Crippen LogP contribution in [-0.2, 0) is 0 Å². The Morgan fingerprint density at radius 1 is 1.28 bits per heavy atom. The van der Waals surface area contributed by atoms with E-state index >= 15 is 0 Å². The normalized spacial score (nSPS) is 43.0. The molecule has 0 spiro atoms. The van der Waals surface area contributed by atoms with Crippen molar-refractivity contribution in [2.24, 2.45) is 29.4 Å². The summed E-state index contributed by atoms with van der Waals surface area (Å²) in [5, 5.41) is 9.30. The molecular weight excluding hydrogens is 224 g/mol. The maximum Gasteiger partial charge on any atom is 0.0471 e. The molecule has 3 heteroatoms. The summed E-state index contributed by atoms with van der Waals surface area (Å²) in [4.78, 5) is 2.54. The van der Waals surface area contributed by atoms with E-state index in [1.54, 1.807) is 0 Å². The molecule has 1 aliphatic carbocycles. The first kappa shape index (κ1) is 14.3. The van der Waals surface area contributed by atoms with Crippen LogP contribution in [0.2, 0.25) is 0 Å². The lowest BCUT2D eigenvalue weighted by molar-refractivity contribution is 0.0724. The first-order chi connectivity index (χ1) is 8.60. The Kier molecular flexibility index (Phi) is 5.05. The summed E-state index contributed by atoms with van der Waals surface area (Å²) in [6.45, 7) is 8.46. The van der Waals surface area contributed by atoms with Gasteiger partial charge in [0.2, 0.25) is 0 Å². The molecule has 1 saturated carbocycles. The Morgan fingerprint density at radius 2 is 2.06 bits per heavy atom. The van der Waals surface area contributed by atoms with Gasteiger partial charge in [0.05, 0.1) is 0 Å². The van der Waals surface area contributed by atoms with Crippen LogP contribution in [-0.4, -0.2) is 42.3 Å². The molecule has 3 N–H and O–H groups in total. The second-order valence-corrected chi connectivity index (χ2v) is 6.83.